The van der Waals surface area contributed by atoms with Crippen LogP contribution in [0.4, 0.5) is 5.82 Å². The van der Waals surface area contributed by atoms with E-state index in [1.807, 2.05) is 0 Å². The van der Waals surface area contributed by atoms with Crippen LogP contribution in [0, 0.1) is 16.7 Å². The summed E-state index contributed by atoms with van der Waals surface area (Å²) in [5, 5.41) is 8.97. The van der Waals surface area contributed by atoms with Crippen LogP contribution < -0.4 is 4.90 Å². The normalized spacial score (nSPS) is 25.2. The third-order valence-electron chi connectivity index (χ3n) is 7.18. The summed E-state index contributed by atoms with van der Waals surface area (Å²) >= 11 is 0. The van der Waals surface area contributed by atoms with Gasteiger partial charge in [0.05, 0.1) is 18.9 Å². The predicted octanol–water partition coefficient (Wildman–Crippen LogP) is 3.78. The van der Waals surface area contributed by atoms with E-state index in [-0.39, 0.29) is 0 Å². The van der Waals surface area contributed by atoms with Gasteiger partial charge in [0.15, 0.2) is 5.82 Å². The molecule has 0 amide bonds. The monoisotopic (exact) mass is 386 g/mol. The molecular weight excluding hydrogens is 348 g/mol. The minimum Gasteiger partial charge on any atom is -0.378 e. The Kier molecular flexibility index (Phi) is 5.93. The van der Waals surface area contributed by atoms with Crippen molar-refractivity contribution in [2.24, 2.45) is 16.7 Å². The fourth-order valence-corrected chi connectivity index (χ4v) is 4.94. The SMILES string of the molecule is CC(C)(C)CCN1CCC2(CC1)CC2CCc1ccc(N2CCOCC2)nn1. The van der Waals surface area contributed by atoms with E-state index in [1.165, 1.54) is 51.7 Å². The largest absolute Gasteiger partial charge is 0.378 e. The lowest BCUT2D eigenvalue weighted by molar-refractivity contribution is 0.122. The average Bonchev–Trinajstić information content (AvgIpc) is 3.38. The van der Waals surface area contributed by atoms with E-state index >= 15 is 0 Å². The summed E-state index contributed by atoms with van der Waals surface area (Å²) in [5.74, 6) is 1.91. The Bertz CT molecular complexity index is 625. The third-order valence-corrected chi connectivity index (χ3v) is 7.18. The van der Waals surface area contributed by atoms with Crippen molar-refractivity contribution in [1.29, 1.82) is 0 Å². The van der Waals surface area contributed by atoms with E-state index in [0.717, 1.165) is 50.2 Å². The Balaban J connectivity index is 1.19. The van der Waals surface area contributed by atoms with Crippen LogP contribution in [0.2, 0.25) is 0 Å². The first-order valence-electron chi connectivity index (χ1n) is 11.3. The highest BCUT2D eigenvalue weighted by Crippen LogP contribution is 2.61. The van der Waals surface area contributed by atoms with E-state index in [2.05, 4.69) is 52.9 Å². The summed E-state index contributed by atoms with van der Waals surface area (Å²) < 4.78 is 5.41. The van der Waals surface area contributed by atoms with Crippen molar-refractivity contribution in [2.45, 2.75) is 59.3 Å². The molecule has 1 aliphatic carbocycles. The van der Waals surface area contributed by atoms with E-state index in [4.69, 9.17) is 4.74 Å². The quantitative estimate of drug-likeness (QED) is 0.744. The Morgan fingerprint density at radius 3 is 2.46 bits per heavy atom. The summed E-state index contributed by atoms with van der Waals surface area (Å²) in [5.41, 5.74) is 2.27. The topological polar surface area (TPSA) is 41.5 Å². The smallest absolute Gasteiger partial charge is 0.151 e. The van der Waals surface area contributed by atoms with E-state index < -0.39 is 0 Å². The van der Waals surface area contributed by atoms with E-state index in [9.17, 15) is 0 Å². The Morgan fingerprint density at radius 1 is 1.07 bits per heavy atom. The number of anilines is 1. The summed E-state index contributed by atoms with van der Waals surface area (Å²) in [6.07, 6.45) is 7.93. The number of piperidine rings is 1. The molecule has 5 heteroatoms. The number of hydrogen-bond donors (Lipinski definition) is 0. The summed E-state index contributed by atoms with van der Waals surface area (Å²) in [6, 6.07) is 4.33. The van der Waals surface area contributed by atoms with Gasteiger partial charge >= 0.3 is 0 Å². The van der Waals surface area contributed by atoms with Crippen molar-refractivity contribution in [2.75, 3.05) is 50.8 Å². The maximum atomic E-state index is 5.41. The maximum absolute atomic E-state index is 5.41. The molecule has 0 aromatic carbocycles. The van der Waals surface area contributed by atoms with Crippen molar-refractivity contribution in [3.05, 3.63) is 17.8 Å². The molecule has 2 aliphatic heterocycles. The Hall–Kier alpha value is -1.20. The number of nitrogens with zero attached hydrogens (tertiary/aromatic N) is 4. The summed E-state index contributed by atoms with van der Waals surface area (Å²) in [4.78, 5) is 4.96. The van der Waals surface area contributed by atoms with Gasteiger partial charge in [0.2, 0.25) is 0 Å². The van der Waals surface area contributed by atoms with Crippen molar-refractivity contribution in [3.63, 3.8) is 0 Å². The molecule has 1 saturated carbocycles. The number of aromatic nitrogens is 2. The minimum absolute atomic E-state index is 0.454. The molecule has 1 aromatic heterocycles. The molecular formula is C23H38N4O. The Labute approximate surface area is 170 Å². The first kappa shape index (κ1) is 20.1. The molecule has 4 rings (SSSR count). The van der Waals surface area contributed by atoms with Gasteiger partial charge in [-0.1, -0.05) is 20.8 Å². The standard InChI is InChI=1S/C23H38N4O/c1-22(2,3)8-11-26-12-9-23(10-13-26)18-19(23)4-5-20-6-7-21(25-24-20)27-14-16-28-17-15-27/h6-7,19H,4-5,8-18H2,1-3H3. The molecule has 3 aliphatic rings. The number of ether oxygens (including phenoxy) is 1. The lowest BCUT2D eigenvalue weighted by Crippen LogP contribution is -2.37. The molecule has 5 nitrogen and oxygen atoms in total. The van der Waals surface area contributed by atoms with Crippen molar-refractivity contribution < 1.29 is 4.74 Å². The minimum atomic E-state index is 0.454. The average molecular weight is 387 g/mol. The number of likely N-dealkylation sites (tertiary alicyclic amines) is 1. The van der Waals surface area contributed by atoms with Gasteiger partial charge in [-0.3, -0.25) is 0 Å². The number of rotatable bonds is 6. The second-order valence-corrected chi connectivity index (χ2v) is 10.4. The molecule has 1 unspecified atom stereocenters. The highest BCUT2D eigenvalue weighted by atomic mass is 16.5. The number of aryl methyl sites for hydroxylation is 1. The van der Waals surface area contributed by atoms with Crippen molar-refractivity contribution in [3.8, 4) is 0 Å². The highest BCUT2D eigenvalue weighted by Gasteiger charge is 2.53. The van der Waals surface area contributed by atoms with Gasteiger partial charge in [0, 0.05) is 13.1 Å². The lowest BCUT2D eigenvalue weighted by atomic mass is 9.88. The van der Waals surface area contributed by atoms with Crippen LogP contribution in [-0.4, -0.2) is 61.0 Å². The molecule has 0 radical (unpaired) electrons. The lowest BCUT2D eigenvalue weighted by Gasteiger charge is -2.34. The van der Waals surface area contributed by atoms with Crippen LogP contribution in [0.1, 0.15) is 58.6 Å². The van der Waals surface area contributed by atoms with Gasteiger partial charge in [-0.15, -0.1) is 5.10 Å². The summed E-state index contributed by atoms with van der Waals surface area (Å²) in [7, 11) is 0. The van der Waals surface area contributed by atoms with Gasteiger partial charge in [-0.25, -0.2) is 0 Å². The Morgan fingerprint density at radius 2 is 1.82 bits per heavy atom. The highest BCUT2D eigenvalue weighted by molar-refractivity contribution is 5.37. The van der Waals surface area contributed by atoms with Crippen molar-refractivity contribution >= 4 is 5.82 Å². The second-order valence-electron chi connectivity index (χ2n) is 10.4. The number of morpholine rings is 1. The molecule has 3 fully saturated rings. The fraction of sp³-hybridized carbons (Fsp3) is 0.826. The molecule has 1 spiro atoms. The molecule has 156 valence electrons. The van der Waals surface area contributed by atoms with Crippen molar-refractivity contribution in [1.82, 2.24) is 15.1 Å². The maximum Gasteiger partial charge on any atom is 0.151 e. The summed E-state index contributed by atoms with van der Waals surface area (Å²) in [6.45, 7) is 14.4. The van der Waals surface area contributed by atoms with Gasteiger partial charge in [-0.05, 0) is 87.0 Å². The van der Waals surface area contributed by atoms with Crippen LogP contribution >= 0.6 is 0 Å². The number of hydrogen-bond acceptors (Lipinski definition) is 5. The molecule has 3 heterocycles. The zero-order valence-electron chi connectivity index (χ0n) is 18.1. The van der Waals surface area contributed by atoms with Gasteiger partial charge < -0.3 is 14.5 Å². The second kappa shape index (κ2) is 8.27. The molecule has 1 aromatic rings. The molecule has 1 atom stereocenters. The van der Waals surface area contributed by atoms with Gasteiger partial charge in [0.1, 0.15) is 0 Å². The molecule has 0 bridgehead atoms. The van der Waals surface area contributed by atoms with Crippen LogP contribution in [0.25, 0.3) is 0 Å². The zero-order valence-corrected chi connectivity index (χ0v) is 18.1. The van der Waals surface area contributed by atoms with Crippen LogP contribution in [0.3, 0.4) is 0 Å². The first-order chi connectivity index (χ1) is 13.4. The molecule has 0 N–H and O–H groups in total. The predicted molar refractivity (Wildman–Crippen MR) is 114 cm³/mol. The van der Waals surface area contributed by atoms with Crippen LogP contribution in [0.5, 0.6) is 0 Å². The third kappa shape index (κ3) is 5.04. The van der Waals surface area contributed by atoms with E-state index in [1.54, 1.807) is 0 Å². The fourth-order valence-electron chi connectivity index (χ4n) is 4.94. The molecule has 2 saturated heterocycles. The molecule has 28 heavy (non-hydrogen) atoms. The van der Waals surface area contributed by atoms with Crippen LogP contribution in [-0.2, 0) is 11.2 Å². The van der Waals surface area contributed by atoms with Gasteiger partial charge in [-0.2, -0.15) is 5.10 Å². The zero-order chi connectivity index (χ0) is 19.6. The van der Waals surface area contributed by atoms with Gasteiger partial charge in [0.25, 0.3) is 0 Å². The first-order valence-corrected chi connectivity index (χ1v) is 11.3. The van der Waals surface area contributed by atoms with Crippen LogP contribution in [0.15, 0.2) is 12.1 Å². The van der Waals surface area contributed by atoms with E-state index in [0.29, 0.717) is 10.8 Å².